The fraction of sp³-hybridized carbons (Fsp3) is 0.600. The van der Waals surface area contributed by atoms with E-state index in [0.29, 0.717) is 18.2 Å². The minimum absolute atomic E-state index is 0.281. The van der Waals surface area contributed by atoms with Crippen LogP contribution in [0.3, 0.4) is 0 Å². The molecule has 1 fully saturated rings. The van der Waals surface area contributed by atoms with Crippen molar-refractivity contribution in [3.63, 3.8) is 0 Å². The molecule has 1 aromatic rings. The minimum Gasteiger partial charge on any atom is -0.479 e. The molecule has 0 amide bonds. The van der Waals surface area contributed by atoms with Crippen LogP contribution in [-0.2, 0) is 11.3 Å². The van der Waals surface area contributed by atoms with E-state index in [4.69, 9.17) is 14.6 Å². The average Bonchev–Trinajstić information content (AvgIpc) is 2.87. The maximum absolute atomic E-state index is 10.4. The van der Waals surface area contributed by atoms with Crippen molar-refractivity contribution in [2.75, 3.05) is 13.2 Å². The second-order valence-corrected chi connectivity index (χ2v) is 4.44. The van der Waals surface area contributed by atoms with E-state index in [2.05, 4.69) is 5.10 Å². The van der Waals surface area contributed by atoms with Crippen LogP contribution in [0.25, 0.3) is 0 Å². The van der Waals surface area contributed by atoms with Crippen molar-refractivity contribution in [1.82, 2.24) is 9.78 Å². The van der Waals surface area contributed by atoms with Crippen LogP contribution in [0.15, 0.2) is 6.20 Å². The van der Waals surface area contributed by atoms with E-state index < -0.39 is 5.97 Å². The van der Waals surface area contributed by atoms with E-state index in [-0.39, 0.29) is 12.0 Å². The zero-order chi connectivity index (χ0) is 11.2. The molecule has 1 aromatic heterocycles. The molecule has 0 saturated heterocycles. The summed E-state index contributed by atoms with van der Waals surface area (Å²) < 4.78 is 12.4. The van der Waals surface area contributed by atoms with E-state index >= 15 is 0 Å². The Morgan fingerprint density at radius 2 is 2.50 bits per heavy atom. The van der Waals surface area contributed by atoms with Gasteiger partial charge in [0.15, 0.2) is 6.61 Å². The summed E-state index contributed by atoms with van der Waals surface area (Å²) in [4.78, 5) is 10.4. The van der Waals surface area contributed by atoms with E-state index in [1.807, 2.05) is 0 Å². The zero-order valence-corrected chi connectivity index (χ0v) is 8.68. The average molecular weight is 224 g/mol. The van der Waals surface area contributed by atoms with Crippen molar-refractivity contribution in [2.24, 2.45) is 5.41 Å². The molecule has 6 nitrogen and oxygen atoms in total. The lowest BCUT2D eigenvalue weighted by Crippen LogP contribution is -2.27. The highest BCUT2D eigenvalue weighted by Gasteiger charge is 2.47. The van der Waals surface area contributed by atoms with Crippen LogP contribution in [0.4, 0.5) is 0 Å². The van der Waals surface area contributed by atoms with Gasteiger partial charge in [-0.3, -0.25) is 0 Å². The van der Waals surface area contributed by atoms with E-state index in [9.17, 15) is 4.79 Å². The smallest absolute Gasteiger partial charge is 0.341 e. The second kappa shape index (κ2) is 3.13. The van der Waals surface area contributed by atoms with Gasteiger partial charge < -0.3 is 14.6 Å². The van der Waals surface area contributed by atoms with E-state index in [1.165, 1.54) is 19.0 Å². The molecule has 0 aromatic carbocycles. The Labute approximate surface area is 91.8 Å². The molecule has 0 bridgehead atoms. The number of nitrogens with zero attached hydrogens (tertiary/aromatic N) is 2. The van der Waals surface area contributed by atoms with Gasteiger partial charge in [-0.2, -0.15) is 5.10 Å². The molecule has 1 saturated carbocycles. The summed E-state index contributed by atoms with van der Waals surface area (Å²) in [5, 5.41) is 12.7. The van der Waals surface area contributed by atoms with Gasteiger partial charge in [-0.1, -0.05) is 0 Å². The molecule has 2 heterocycles. The number of ether oxygens (including phenoxy) is 2. The molecule has 16 heavy (non-hydrogen) atoms. The highest BCUT2D eigenvalue weighted by Crippen LogP contribution is 2.51. The summed E-state index contributed by atoms with van der Waals surface area (Å²) in [6, 6.07) is 0. The quantitative estimate of drug-likeness (QED) is 0.810. The van der Waals surface area contributed by atoms with Crippen LogP contribution in [0.2, 0.25) is 0 Å². The van der Waals surface area contributed by atoms with E-state index in [1.54, 1.807) is 4.68 Å². The van der Waals surface area contributed by atoms with Crippen molar-refractivity contribution >= 4 is 5.97 Å². The van der Waals surface area contributed by atoms with Crippen LogP contribution >= 0.6 is 0 Å². The lowest BCUT2D eigenvalue weighted by atomic mass is 10.1. The first-order valence-electron chi connectivity index (χ1n) is 5.22. The number of carboxylic acid groups (broad SMARTS) is 1. The highest BCUT2D eigenvalue weighted by molar-refractivity contribution is 5.68. The number of aromatic nitrogens is 2. The minimum atomic E-state index is -1.01. The van der Waals surface area contributed by atoms with Gasteiger partial charge in [0, 0.05) is 5.41 Å². The molecule has 1 aliphatic carbocycles. The Kier molecular flexibility index (Phi) is 1.86. The number of carbonyl (C=O) groups is 1. The van der Waals surface area contributed by atoms with Crippen molar-refractivity contribution in [3.8, 4) is 11.6 Å². The maximum Gasteiger partial charge on any atom is 0.341 e. The normalized spacial score (nSPS) is 20.0. The summed E-state index contributed by atoms with van der Waals surface area (Å²) in [6.45, 7) is 1.16. The lowest BCUT2D eigenvalue weighted by molar-refractivity contribution is -0.139. The molecule has 1 spiro atoms. The summed E-state index contributed by atoms with van der Waals surface area (Å²) in [6.07, 6.45) is 3.87. The summed E-state index contributed by atoms with van der Waals surface area (Å²) in [5.41, 5.74) is 0.281. The topological polar surface area (TPSA) is 73.6 Å². The van der Waals surface area contributed by atoms with Crippen LogP contribution < -0.4 is 9.47 Å². The lowest BCUT2D eigenvalue weighted by Gasteiger charge is -2.23. The monoisotopic (exact) mass is 224 g/mol. The number of aliphatic carboxylic acids is 1. The van der Waals surface area contributed by atoms with Crippen molar-refractivity contribution in [1.29, 1.82) is 0 Å². The van der Waals surface area contributed by atoms with Gasteiger partial charge in [-0.25, -0.2) is 9.48 Å². The predicted molar refractivity (Wildman–Crippen MR) is 52.5 cm³/mol. The highest BCUT2D eigenvalue weighted by atomic mass is 16.5. The van der Waals surface area contributed by atoms with Gasteiger partial charge in [-0.05, 0) is 12.8 Å². The number of fused-ring (bicyclic) bond motifs is 1. The molecule has 1 aliphatic heterocycles. The summed E-state index contributed by atoms with van der Waals surface area (Å²) >= 11 is 0. The molecule has 1 N–H and O–H groups in total. The Morgan fingerprint density at radius 1 is 1.69 bits per heavy atom. The number of rotatable bonds is 3. The van der Waals surface area contributed by atoms with Gasteiger partial charge >= 0.3 is 5.97 Å². The molecular formula is C10H12N2O4. The standard InChI is InChI=1S/C10H12N2O4/c13-8(14)4-15-7-3-11-12-5-10(1-2-10)6-16-9(7)12/h3H,1-2,4-6H2,(H,13,14). The van der Waals surface area contributed by atoms with Crippen molar-refractivity contribution in [3.05, 3.63) is 6.20 Å². The summed E-state index contributed by atoms with van der Waals surface area (Å²) in [5.74, 6) is -0.0360. The molecular weight excluding hydrogens is 212 g/mol. The van der Waals surface area contributed by atoms with Gasteiger partial charge in [0.25, 0.3) is 5.88 Å². The Bertz CT molecular complexity index is 436. The van der Waals surface area contributed by atoms with Crippen molar-refractivity contribution in [2.45, 2.75) is 19.4 Å². The second-order valence-electron chi connectivity index (χ2n) is 4.44. The SMILES string of the molecule is O=C(O)COc1cnn2c1OCC1(CC1)C2. The van der Waals surface area contributed by atoms with Crippen LogP contribution in [0, 0.1) is 5.41 Å². The Balaban J connectivity index is 1.77. The van der Waals surface area contributed by atoms with Crippen LogP contribution in [0.5, 0.6) is 11.6 Å². The largest absolute Gasteiger partial charge is 0.479 e. The number of hydrogen-bond acceptors (Lipinski definition) is 4. The van der Waals surface area contributed by atoms with E-state index in [0.717, 1.165) is 6.54 Å². The molecule has 2 aliphatic rings. The molecule has 3 rings (SSSR count). The van der Waals surface area contributed by atoms with Crippen molar-refractivity contribution < 1.29 is 19.4 Å². The van der Waals surface area contributed by atoms with Crippen LogP contribution in [0.1, 0.15) is 12.8 Å². The first kappa shape index (κ1) is 9.50. The fourth-order valence-corrected chi connectivity index (χ4v) is 1.92. The molecule has 0 atom stereocenters. The third kappa shape index (κ3) is 1.50. The number of hydrogen-bond donors (Lipinski definition) is 1. The van der Waals surface area contributed by atoms with Gasteiger partial charge in [-0.15, -0.1) is 0 Å². The van der Waals surface area contributed by atoms with Gasteiger partial charge in [0.2, 0.25) is 5.75 Å². The predicted octanol–water partition coefficient (Wildman–Crippen LogP) is 0.519. The number of carboxylic acids is 1. The summed E-state index contributed by atoms with van der Waals surface area (Å²) in [7, 11) is 0. The zero-order valence-electron chi connectivity index (χ0n) is 8.68. The maximum atomic E-state index is 10.4. The molecule has 6 heteroatoms. The first-order chi connectivity index (χ1) is 7.69. The fourth-order valence-electron chi connectivity index (χ4n) is 1.92. The van der Waals surface area contributed by atoms with Crippen LogP contribution in [-0.4, -0.2) is 34.1 Å². The van der Waals surface area contributed by atoms with Gasteiger partial charge in [0.05, 0.1) is 19.3 Å². The first-order valence-corrected chi connectivity index (χ1v) is 5.22. The molecule has 0 unspecified atom stereocenters. The Hall–Kier alpha value is -1.72. The molecule has 86 valence electrons. The Morgan fingerprint density at radius 3 is 3.19 bits per heavy atom. The third-order valence-electron chi connectivity index (χ3n) is 3.07. The third-order valence-corrected chi connectivity index (χ3v) is 3.07. The van der Waals surface area contributed by atoms with Gasteiger partial charge in [0.1, 0.15) is 0 Å². The molecule has 0 radical (unpaired) electrons.